The Balaban J connectivity index is 1.35. The molecule has 0 radical (unpaired) electrons. The van der Waals surface area contributed by atoms with Gasteiger partial charge in [0, 0.05) is 35.6 Å². The number of aliphatic hydroxyl groups excluding tert-OH is 1. The first kappa shape index (κ1) is 26.2. The lowest BCUT2D eigenvalue weighted by atomic mass is 9.62. The number of fused-ring (bicyclic) bond motifs is 1. The Labute approximate surface area is 223 Å². The number of amides is 1. The van der Waals surface area contributed by atoms with E-state index in [0.29, 0.717) is 25.7 Å². The molecular formula is C30H33N3O4S. The highest BCUT2D eigenvalue weighted by atomic mass is 32.2. The number of carbonyl (C=O) groups is 1. The molecule has 0 saturated heterocycles. The molecule has 1 heterocycles. The van der Waals surface area contributed by atoms with E-state index in [1.54, 1.807) is 12.1 Å². The Morgan fingerprint density at radius 2 is 1.66 bits per heavy atom. The highest BCUT2D eigenvalue weighted by Crippen LogP contribution is 2.47. The van der Waals surface area contributed by atoms with Crippen LogP contribution in [0.3, 0.4) is 0 Å². The third-order valence-electron chi connectivity index (χ3n) is 8.14. The molecule has 7 nitrogen and oxygen atoms in total. The number of nitrogens with one attached hydrogen (secondary N) is 1. The highest BCUT2D eigenvalue weighted by Gasteiger charge is 2.47. The molecule has 5 rings (SSSR count). The van der Waals surface area contributed by atoms with Crippen LogP contribution in [0.2, 0.25) is 0 Å². The Hall–Kier alpha value is -3.46. The van der Waals surface area contributed by atoms with Crippen LogP contribution in [0.1, 0.15) is 37.2 Å². The molecular weight excluding hydrogens is 498 g/mol. The first-order valence-corrected chi connectivity index (χ1v) is 14.4. The van der Waals surface area contributed by atoms with E-state index in [1.165, 1.54) is 0 Å². The zero-order valence-electron chi connectivity index (χ0n) is 21.4. The molecule has 1 aromatic heterocycles. The third-order valence-corrected chi connectivity index (χ3v) is 9.66. The predicted octanol–water partition coefficient (Wildman–Crippen LogP) is 4.31. The number of benzene rings is 3. The number of sulfonamides is 1. The predicted molar refractivity (Wildman–Crippen MR) is 149 cm³/mol. The SMILES string of the molecule is Cn1c(-c2ccccc2)cc2ccc(S(=O)(=O)NC3CCC(C(N)=O)([C@@H](CO)c4ccccc4)CC3)cc21. The van der Waals surface area contributed by atoms with Gasteiger partial charge in [-0.15, -0.1) is 0 Å². The molecule has 1 saturated carbocycles. The molecule has 0 spiro atoms. The standard InChI is InChI=1S/C30H33N3O4S/c1-33-27(22-10-6-3-7-11-22)18-23-12-13-25(19-28(23)33)38(36,37)32-24-14-16-30(17-15-24,29(31)35)26(20-34)21-8-4-2-5-9-21/h2-13,18-19,24,26,32,34H,14-17,20H2,1H3,(H2,31,35)/t24?,26-,30?/m0/s1. The van der Waals surface area contributed by atoms with Gasteiger partial charge in [0.05, 0.1) is 16.9 Å². The summed E-state index contributed by atoms with van der Waals surface area (Å²) in [6.45, 7) is -0.203. The second kappa shape index (κ2) is 10.4. The molecule has 1 amide bonds. The van der Waals surface area contributed by atoms with Crippen LogP contribution in [-0.4, -0.2) is 36.6 Å². The zero-order chi connectivity index (χ0) is 26.9. The van der Waals surface area contributed by atoms with Crippen molar-refractivity contribution in [2.45, 2.75) is 42.5 Å². The van der Waals surface area contributed by atoms with E-state index in [4.69, 9.17) is 5.73 Å². The summed E-state index contributed by atoms with van der Waals surface area (Å²) in [7, 11) is -1.85. The van der Waals surface area contributed by atoms with E-state index in [9.17, 15) is 18.3 Å². The van der Waals surface area contributed by atoms with Crippen molar-refractivity contribution in [2.24, 2.45) is 18.2 Å². The quantitative estimate of drug-likeness (QED) is 0.314. The molecule has 1 atom stereocenters. The monoisotopic (exact) mass is 531 g/mol. The number of primary amides is 1. The Kier molecular flexibility index (Phi) is 7.13. The topological polar surface area (TPSA) is 114 Å². The van der Waals surface area contributed by atoms with Crippen LogP contribution < -0.4 is 10.5 Å². The number of aliphatic hydroxyl groups is 1. The molecule has 4 N–H and O–H groups in total. The Morgan fingerprint density at radius 3 is 2.26 bits per heavy atom. The maximum atomic E-state index is 13.4. The number of hydrogen-bond acceptors (Lipinski definition) is 4. The van der Waals surface area contributed by atoms with E-state index < -0.39 is 27.3 Å². The first-order chi connectivity index (χ1) is 18.2. The van der Waals surface area contributed by atoms with Crippen molar-refractivity contribution in [1.29, 1.82) is 0 Å². The Morgan fingerprint density at radius 1 is 1.03 bits per heavy atom. The molecule has 0 unspecified atom stereocenters. The van der Waals surface area contributed by atoms with E-state index in [0.717, 1.165) is 27.7 Å². The van der Waals surface area contributed by atoms with Gasteiger partial charge in [-0.3, -0.25) is 4.79 Å². The second-order valence-corrected chi connectivity index (χ2v) is 12.0. The van der Waals surface area contributed by atoms with E-state index >= 15 is 0 Å². The number of aromatic nitrogens is 1. The molecule has 1 fully saturated rings. The molecule has 198 valence electrons. The van der Waals surface area contributed by atoms with Crippen molar-refractivity contribution in [3.8, 4) is 11.3 Å². The van der Waals surface area contributed by atoms with Crippen LogP contribution in [0.4, 0.5) is 0 Å². The van der Waals surface area contributed by atoms with Gasteiger partial charge in [0.25, 0.3) is 0 Å². The Bertz CT molecular complexity index is 1540. The lowest BCUT2D eigenvalue weighted by molar-refractivity contribution is -0.132. The van der Waals surface area contributed by atoms with Crippen molar-refractivity contribution < 1.29 is 18.3 Å². The highest BCUT2D eigenvalue weighted by molar-refractivity contribution is 7.89. The van der Waals surface area contributed by atoms with Crippen molar-refractivity contribution in [3.05, 3.63) is 90.5 Å². The van der Waals surface area contributed by atoms with Gasteiger partial charge >= 0.3 is 0 Å². The van der Waals surface area contributed by atoms with Crippen molar-refractivity contribution in [3.63, 3.8) is 0 Å². The summed E-state index contributed by atoms with van der Waals surface area (Å²) in [6, 6.07) is 26.3. The van der Waals surface area contributed by atoms with Gasteiger partial charge in [0.1, 0.15) is 0 Å². The summed E-state index contributed by atoms with van der Waals surface area (Å²) in [4.78, 5) is 12.9. The lowest BCUT2D eigenvalue weighted by Gasteiger charge is -2.43. The molecule has 0 aliphatic heterocycles. The summed E-state index contributed by atoms with van der Waals surface area (Å²) in [5.41, 5.74) is 8.74. The van der Waals surface area contributed by atoms with Crippen LogP contribution in [-0.2, 0) is 21.9 Å². The molecule has 8 heteroatoms. The number of rotatable bonds is 8. The first-order valence-electron chi connectivity index (χ1n) is 12.9. The molecule has 0 bridgehead atoms. The normalized spacial score (nSPS) is 20.8. The summed E-state index contributed by atoms with van der Waals surface area (Å²) in [6.07, 6.45) is 1.70. The van der Waals surface area contributed by atoms with Crippen molar-refractivity contribution in [2.75, 3.05) is 6.61 Å². The van der Waals surface area contributed by atoms with Crippen LogP contribution in [0.25, 0.3) is 22.2 Å². The molecule has 3 aromatic carbocycles. The number of aryl methyl sites for hydroxylation is 1. The van der Waals surface area contributed by atoms with Crippen LogP contribution in [0.15, 0.2) is 89.8 Å². The van der Waals surface area contributed by atoms with Crippen molar-refractivity contribution >= 4 is 26.8 Å². The smallest absolute Gasteiger partial charge is 0.240 e. The molecule has 1 aliphatic rings. The van der Waals surface area contributed by atoms with Gasteiger partial charge < -0.3 is 15.4 Å². The number of nitrogens with two attached hydrogens (primary N) is 1. The van der Waals surface area contributed by atoms with Crippen LogP contribution >= 0.6 is 0 Å². The average Bonchev–Trinajstić information content (AvgIpc) is 3.26. The molecule has 38 heavy (non-hydrogen) atoms. The minimum absolute atomic E-state index is 0.203. The minimum atomic E-state index is -3.79. The fraction of sp³-hybridized carbons (Fsp3) is 0.300. The van der Waals surface area contributed by atoms with Gasteiger partial charge in [-0.05, 0) is 55.0 Å². The van der Waals surface area contributed by atoms with E-state index in [2.05, 4.69) is 10.8 Å². The molecule has 4 aromatic rings. The van der Waals surface area contributed by atoms with Crippen LogP contribution in [0, 0.1) is 5.41 Å². The van der Waals surface area contributed by atoms with Gasteiger partial charge in [-0.1, -0.05) is 66.7 Å². The van der Waals surface area contributed by atoms with E-state index in [1.807, 2.05) is 78.3 Å². The van der Waals surface area contributed by atoms with Crippen LogP contribution in [0.5, 0.6) is 0 Å². The van der Waals surface area contributed by atoms with Gasteiger partial charge in [0.15, 0.2) is 0 Å². The largest absolute Gasteiger partial charge is 0.396 e. The zero-order valence-corrected chi connectivity index (χ0v) is 22.2. The summed E-state index contributed by atoms with van der Waals surface area (Å²) < 4.78 is 31.6. The maximum Gasteiger partial charge on any atom is 0.240 e. The molecule has 1 aliphatic carbocycles. The lowest BCUT2D eigenvalue weighted by Crippen LogP contribution is -2.49. The van der Waals surface area contributed by atoms with Gasteiger partial charge in [-0.2, -0.15) is 0 Å². The summed E-state index contributed by atoms with van der Waals surface area (Å²) in [5.74, 6) is -0.887. The fourth-order valence-electron chi connectivity index (χ4n) is 5.95. The number of nitrogens with zero attached hydrogens (tertiary/aromatic N) is 1. The van der Waals surface area contributed by atoms with Crippen molar-refractivity contribution in [1.82, 2.24) is 9.29 Å². The van der Waals surface area contributed by atoms with Gasteiger partial charge in [-0.25, -0.2) is 13.1 Å². The third kappa shape index (κ3) is 4.75. The number of carbonyl (C=O) groups excluding carboxylic acids is 1. The maximum absolute atomic E-state index is 13.4. The fourth-order valence-corrected chi connectivity index (χ4v) is 7.28. The second-order valence-electron chi connectivity index (χ2n) is 10.2. The minimum Gasteiger partial charge on any atom is -0.396 e. The summed E-state index contributed by atoms with van der Waals surface area (Å²) in [5, 5.41) is 11.2. The summed E-state index contributed by atoms with van der Waals surface area (Å²) >= 11 is 0. The van der Waals surface area contributed by atoms with E-state index in [-0.39, 0.29) is 17.5 Å². The number of hydrogen-bond donors (Lipinski definition) is 3. The van der Waals surface area contributed by atoms with Gasteiger partial charge in [0.2, 0.25) is 15.9 Å². The average molecular weight is 532 g/mol.